The summed E-state index contributed by atoms with van der Waals surface area (Å²) in [6.07, 6.45) is 4.71. The van der Waals surface area contributed by atoms with E-state index in [-0.39, 0.29) is 11.6 Å². The highest BCUT2D eigenvalue weighted by Gasteiger charge is 2.47. The van der Waals surface area contributed by atoms with Gasteiger partial charge in [0.15, 0.2) is 0 Å². The summed E-state index contributed by atoms with van der Waals surface area (Å²) in [7, 11) is 0. The molecule has 0 saturated heterocycles. The first-order valence-electron chi connectivity index (χ1n) is 7.16. The van der Waals surface area contributed by atoms with E-state index in [1.165, 1.54) is 18.4 Å². The van der Waals surface area contributed by atoms with Crippen molar-refractivity contribution < 1.29 is 4.74 Å². The molecule has 18 heavy (non-hydrogen) atoms. The Labute approximate surface area is 110 Å². The molecule has 3 unspecified atom stereocenters. The Hall–Kier alpha value is -1.02. The summed E-state index contributed by atoms with van der Waals surface area (Å²) in [4.78, 5) is 0. The topological polar surface area (TPSA) is 35.2 Å². The molecule has 2 heteroatoms. The molecule has 1 saturated carbocycles. The van der Waals surface area contributed by atoms with Gasteiger partial charge in [0.2, 0.25) is 0 Å². The molecule has 0 amide bonds. The van der Waals surface area contributed by atoms with Gasteiger partial charge < -0.3 is 10.5 Å². The van der Waals surface area contributed by atoms with Crippen LogP contribution in [0.1, 0.15) is 51.1 Å². The van der Waals surface area contributed by atoms with Crippen LogP contribution in [0.15, 0.2) is 24.3 Å². The fourth-order valence-electron chi connectivity index (χ4n) is 3.77. The van der Waals surface area contributed by atoms with E-state index >= 15 is 0 Å². The number of para-hydroxylation sites is 1. The molecule has 1 spiro atoms. The van der Waals surface area contributed by atoms with E-state index in [2.05, 4.69) is 26.0 Å². The van der Waals surface area contributed by atoms with Crippen LogP contribution in [0.5, 0.6) is 5.75 Å². The number of benzene rings is 1. The SMILES string of the molecule is CC1CCCC2(C[C@@H](N)c3ccccc3O2)C1C. The quantitative estimate of drug-likeness (QED) is 0.757. The van der Waals surface area contributed by atoms with Crippen molar-refractivity contribution in [3.8, 4) is 5.75 Å². The fourth-order valence-corrected chi connectivity index (χ4v) is 3.77. The highest BCUT2D eigenvalue weighted by molar-refractivity contribution is 5.39. The zero-order chi connectivity index (χ0) is 12.8. The van der Waals surface area contributed by atoms with Gasteiger partial charge >= 0.3 is 0 Å². The van der Waals surface area contributed by atoms with Gasteiger partial charge in [-0.25, -0.2) is 0 Å². The Morgan fingerprint density at radius 1 is 1.28 bits per heavy atom. The predicted molar refractivity (Wildman–Crippen MR) is 73.5 cm³/mol. The van der Waals surface area contributed by atoms with Gasteiger partial charge in [-0.1, -0.05) is 38.5 Å². The molecule has 98 valence electrons. The molecule has 1 aliphatic heterocycles. The lowest BCUT2D eigenvalue weighted by Crippen LogP contribution is -2.51. The first kappa shape index (κ1) is 12.0. The van der Waals surface area contributed by atoms with Gasteiger partial charge in [0.05, 0.1) is 0 Å². The fraction of sp³-hybridized carbons (Fsp3) is 0.625. The molecule has 0 bridgehead atoms. The van der Waals surface area contributed by atoms with Gasteiger partial charge in [-0.05, 0) is 30.7 Å². The van der Waals surface area contributed by atoms with Crippen LogP contribution in [0.3, 0.4) is 0 Å². The minimum absolute atomic E-state index is 0.0224. The average molecular weight is 245 g/mol. The Morgan fingerprint density at radius 3 is 2.89 bits per heavy atom. The van der Waals surface area contributed by atoms with Crippen LogP contribution in [-0.2, 0) is 0 Å². The van der Waals surface area contributed by atoms with Crippen LogP contribution in [-0.4, -0.2) is 5.60 Å². The summed E-state index contributed by atoms with van der Waals surface area (Å²) in [5, 5.41) is 0. The summed E-state index contributed by atoms with van der Waals surface area (Å²) in [5.41, 5.74) is 7.53. The van der Waals surface area contributed by atoms with Gasteiger partial charge in [-0.15, -0.1) is 0 Å². The first-order valence-corrected chi connectivity index (χ1v) is 7.16. The summed E-state index contributed by atoms with van der Waals surface area (Å²) in [6.45, 7) is 4.69. The second kappa shape index (κ2) is 4.27. The Balaban J connectivity index is 1.97. The Morgan fingerprint density at radius 2 is 2.06 bits per heavy atom. The molecule has 2 aliphatic rings. The van der Waals surface area contributed by atoms with Crippen LogP contribution in [0.25, 0.3) is 0 Å². The molecule has 1 fully saturated rings. The third kappa shape index (κ3) is 1.74. The predicted octanol–water partition coefficient (Wildman–Crippen LogP) is 3.66. The number of fused-ring (bicyclic) bond motifs is 1. The summed E-state index contributed by atoms with van der Waals surface area (Å²) >= 11 is 0. The number of rotatable bonds is 0. The molecule has 0 aromatic heterocycles. The Kier molecular flexibility index (Phi) is 2.86. The Bertz CT molecular complexity index is 444. The smallest absolute Gasteiger partial charge is 0.124 e. The number of hydrogen-bond acceptors (Lipinski definition) is 2. The van der Waals surface area contributed by atoms with E-state index < -0.39 is 0 Å². The van der Waals surface area contributed by atoms with E-state index in [9.17, 15) is 0 Å². The molecular weight excluding hydrogens is 222 g/mol. The monoisotopic (exact) mass is 245 g/mol. The third-order valence-electron chi connectivity index (χ3n) is 5.14. The van der Waals surface area contributed by atoms with Crippen molar-refractivity contribution in [1.29, 1.82) is 0 Å². The lowest BCUT2D eigenvalue weighted by molar-refractivity contribution is -0.0614. The molecule has 2 N–H and O–H groups in total. The van der Waals surface area contributed by atoms with Crippen LogP contribution in [0.4, 0.5) is 0 Å². The van der Waals surface area contributed by atoms with Crippen molar-refractivity contribution in [2.24, 2.45) is 17.6 Å². The molecule has 1 aromatic rings. The highest BCUT2D eigenvalue weighted by atomic mass is 16.5. The van der Waals surface area contributed by atoms with Crippen molar-refractivity contribution in [1.82, 2.24) is 0 Å². The minimum atomic E-state index is -0.0224. The standard InChI is InChI=1S/C16H23NO/c1-11-6-5-9-16(12(11)2)10-14(17)13-7-3-4-8-15(13)18-16/h3-4,7-8,11-12,14H,5-6,9-10,17H2,1-2H3/t11?,12?,14-,16?/m1/s1. The largest absolute Gasteiger partial charge is 0.487 e. The van der Waals surface area contributed by atoms with Crippen molar-refractivity contribution >= 4 is 0 Å². The summed E-state index contributed by atoms with van der Waals surface area (Å²) in [6, 6.07) is 8.39. The highest BCUT2D eigenvalue weighted by Crippen LogP contribution is 2.49. The zero-order valence-electron chi connectivity index (χ0n) is 11.4. The lowest BCUT2D eigenvalue weighted by atomic mass is 9.66. The normalized spacial score (nSPS) is 39.2. The molecular formula is C16H23NO. The van der Waals surface area contributed by atoms with Gasteiger partial charge in [0.25, 0.3) is 0 Å². The van der Waals surface area contributed by atoms with Crippen LogP contribution in [0, 0.1) is 11.8 Å². The van der Waals surface area contributed by atoms with Gasteiger partial charge in [0, 0.05) is 18.0 Å². The summed E-state index contributed by atoms with van der Waals surface area (Å²) < 4.78 is 6.43. The van der Waals surface area contributed by atoms with Crippen LogP contribution < -0.4 is 10.5 Å². The molecule has 2 nitrogen and oxygen atoms in total. The van der Waals surface area contributed by atoms with Crippen LogP contribution >= 0.6 is 0 Å². The molecule has 1 aromatic carbocycles. The van der Waals surface area contributed by atoms with Crippen molar-refractivity contribution in [2.45, 2.75) is 51.2 Å². The molecule has 0 radical (unpaired) electrons. The molecule has 1 aliphatic carbocycles. The van der Waals surface area contributed by atoms with Gasteiger partial charge in [0.1, 0.15) is 11.4 Å². The molecule has 4 atom stereocenters. The lowest BCUT2D eigenvalue weighted by Gasteiger charge is -2.49. The first-order chi connectivity index (χ1) is 8.62. The van der Waals surface area contributed by atoms with Crippen LogP contribution in [0.2, 0.25) is 0 Å². The van der Waals surface area contributed by atoms with E-state index in [4.69, 9.17) is 10.5 Å². The maximum atomic E-state index is 6.43. The number of hydrogen-bond donors (Lipinski definition) is 1. The summed E-state index contributed by atoms with van der Waals surface area (Å²) in [5.74, 6) is 2.33. The van der Waals surface area contributed by atoms with E-state index in [1.54, 1.807) is 0 Å². The van der Waals surface area contributed by atoms with Crippen molar-refractivity contribution in [3.63, 3.8) is 0 Å². The maximum Gasteiger partial charge on any atom is 0.124 e. The van der Waals surface area contributed by atoms with E-state index in [1.807, 2.05) is 12.1 Å². The van der Waals surface area contributed by atoms with Crippen molar-refractivity contribution in [2.75, 3.05) is 0 Å². The maximum absolute atomic E-state index is 6.43. The van der Waals surface area contributed by atoms with E-state index in [0.717, 1.165) is 24.5 Å². The zero-order valence-corrected chi connectivity index (χ0v) is 11.4. The van der Waals surface area contributed by atoms with E-state index in [0.29, 0.717) is 5.92 Å². The van der Waals surface area contributed by atoms with Gasteiger partial charge in [-0.3, -0.25) is 0 Å². The average Bonchev–Trinajstić information content (AvgIpc) is 2.36. The number of nitrogens with two attached hydrogens (primary N) is 1. The molecule has 3 rings (SSSR count). The van der Waals surface area contributed by atoms with Crippen molar-refractivity contribution in [3.05, 3.63) is 29.8 Å². The third-order valence-corrected chi connectivity index (χ3v) is 5.14. The second-order valence-corrected chi connectivity index (χ2v) is 6.17. The minimum Gasteiger partial charge on any atom is -0.487 e. The number of ether oxygens (including phenoxy) is 1. The second-order valence-electron chi connectivity index (χ2n) is 6.17. The van der Waals surface area contributed by atoms with Gasteiger partial charge in [-0.2, -0.15) is 0 Å². The molecule has 1 heterocycles.